The molecule has 4 rings (SSSR count). The van der Waals surface area contributed by atoms with Crippen LogP contribution in [0.3, 0.4) is 0 Å². The summed E-state index contributed by atoms with van der Waals surface area (Å²) < 4.78 is 7.56. The van der Waals surface area contributed by atoms with Crippen molar-refractivity contribution < 1.29 is 9.21 Å². The highest BCUT2D eigenvalue weighted by molar-refractivity contribution is 6.33. The van der Waals surface area contributed by atoms with Crippen molar-refractivity contribution in [2.24, 2.45) is 7.05 Å². The minimum absolute atomic E-state index is 0.0929. The van der Waals surface area contributed by atoms with E-state index in [9.17, 15) is 4.79 Å². The maximum Gasteiger partial charge on any atom is 0.290 e. The highest BCUT2D eigenvalue weighted by Gasteiger charge is 2.34. The lowest BCUT2D eigenvalue weighted by atomic mass is 10.2. The summed E-state index contributed by atoms with van der Waals surface area (Å²) in [6.07, 6.45) is 5.79. The van der Waals surface area contributed by atoms with Gasteiger partial charge in [-0.15, -0.1) is 0 Å². The molecule has 25 heavy (non-hydrogen) atoms. The molecule has 1 amide bonds. The third-order valence-corrected chi connectivity index (χ3v) is 4.65. The molecule has 0 bridgehead atoms. The van der Waals surface area contributed by atoms with E-state index in [1.807, 2.05) is 36.3 Å². The van der Waals surface area contributed by atoms with Gasteiger partial charge in [-0.2, -0.15) is 5.10 Å². The molecule has 1 aliphatic rings. The zero-order chi connectivity index (χ0) is 17.4. The zero-order valence-electron chi connectivity index (χ0n) is 13.9. The molecule has 0 radical (unpaired) electrons. The normalized spacial score (nSPS) is 13.8. The number of amides is 1. The van der Waals surface area contributed by atoms with Crippen LogP contribution in [0, 0.1) is 0 Å². The molecule has 1 aromatic carbocycles. The summed E-state index contributed by atoms with van der Waals surface area (Å²) in [6, 6.07) is 11.2. The van der Waals surface area contributed by atoms with Crippen LogP contribution in [-0.2, 0) is 13.6 Å². The summed E-state index contributed by atoms with van der Waals surface area (Å²) in [7, 11) is 1.87. The van der Waals surface area contributed by atoms with E-state index in [0.717, 1.165) is 24.0 Å². The molecule has 1 fully saturated rings. The molecule has 0 saturated heterocycles. The quantitative estimate of drug-likeness (QED) is 0.691. The molecule has 0 unspecified atom stereocenters. The van der Waals surface area contributed by atoms with Crippen molar-refractivity contribution >= 4 is 17.5 Å². The number of hydrogen-bond donors (Lipinski definition) is 0. The molecular weight excluding hydrogens is 338 g/mol. The van der Waals surface area contributed by atoms with Crippen LogP contribution in [-0.4, -0.2) is 26.6 Å². The number of carbonyl (C=O) groups excluding carboxylic acids is 1. The van der Waals surface area contributed by atoms with Gasteiger partial charge in [-0.3, -0.25) is 9.48 Å². The summed E-state index contributed by atoms with van der Waals surface area (Å²) >= 11 is 6.22. The summed E-state index contributed by atoms with van der Waals surface area (Å²) in [5, 5.41) is 4.78. The molecule has 0 atom stereocenters. The zero-order valence-corrected chi connectivity index (χ0v) is 14.6. The Balaban J connectivity index is 1.58. The lowest BCUT2D eigenvalue weighted by molar-refractivity contribution is 0.0698. The Morgan fingerprint density at radius 3 is 2.80 bits per heavy atom. The highest BCUT2D eigenvalue weighted by Crippen LogP contribution is 2.32. The molecule has 0 spiro atoms. The molecule has 0 N–H and O–H groups in total. The lowest BCUT2D eigenvalue weighted by Gasteiger charge is -2.20. The van der Waals surface area contributed by atoms with E-state index in [2.05, 4.69) is 5.10 Å². The monoisotopic (exact) mass is 355 g/mol. The van der Waals surface area contributed by atoms with Gasteiger partial charge in [-0.25, -0.2) is 0 Å². The number of carbonyl (C=O) groups is 1. The lowest BCUT2D eigenvalue weighted by Crippen LogP contribution is -2.32. The fourth-order valence-corrected chi connectivity index (χ4v) is 3.13. The van der Waals surface area contributed by atoms with Crippen LogP contribution in [0.1, 0.15) is 29.0 Å². The van der Waals surface area contributed by atoms with E-state index in [4.69, 9.17) is 16.0 Å². The molecule has 1 aliphatic carbocycles. The van der Waals surface area contributed by atoms with E-state index in [1.54, 1.807) is 29.1 Å². The fourth-order valence-electron chi connectivity index (χ4n) is 2.90. The molecule has 5 nitrogen and oxygen atoms in total. The second-order valence-electron chi connectivity index (χ2n) is 6.33. The third kappa shape index (κ3) is 3.33. The van der Waals surface area contributed by atoms with Crippen LogP contribution in [0.5, 0.6) is 0 Å². The number of aromatic nitrogens is 2. The molecular formula is C19H18ClN3O2. The molecule has 2 heterocycles. The van der Waals surface area contributed by atoms with Gasteiger partial charge in [0, 0.05) is 37.0 Å². The van der Waals surface area contributed by atoms with Crippen molar-refractivity contribution in [3.63, 3.8) is 0 Å². The Morgan fingerprint density at radius 1 is 1.32 bits per heavy atom. The summed E-state index contributed by atoms with van der Waals surface area (Å²) in [5.74, 6) is 0.849. The Kier molecular flexibility index (Phi) is 4.09. The SMILES string of the molecule is Cn1cc(CN(C(=O)c2ccc(-c3ccccc3Cl)o2)C2CC2)cn1. The van der Waals surface area contributed by atoms with Gasteiger partial charge in [0.15, 0.2) is 5.76 Å². The van der Waals surface area contributed by atoms with E-state index in [-0.39, 0.29) is 11.9 Å². The van der Waals surface area contributed by atoms with E-state index in [1.165, 1.54) is 0 Å². The number of hydrogen-bond acceptors (Lipinski definition) is 3. The Morgan fingerprint density at radius 2 is 2.12 bits per heavy atom. The summed E-state index contributed by atoms with van der Waals surface area (Å²) in [5.41, 5.74) is 1.80. The van der Waals surface area contributed by atoms with Gasteiger partial charge in [-0.05, 0) is 37.1 Å². The van der Waals surface area contributed by atoms with Crippen LogP contribution in [0.4, 0.5) is 0 Å². The minimum atomic E-state index is -0.0929. The van der Waals surface area contributed by atoms with E-state index < -0.39 is 0 Å². The van der Waals surface area contributed by atoms with Crippen molar-refractivity contribution in [1.82, 2.24) is 14.7 Å². The predicted octanol–water partition coefficient (Wildman–Crippen LogP) is 4.14. The first kappa shape index (κ1) is 16.0. The molecule has 3 aromatic rings. The highest BCUT2D eigenvalue weighted by atomic mass is 35.5. The maximum absolute atomic E-state index is 12.9. The molecule has 2 aromatic heterocycles. The first-order chi connectivity index (χ1) is 12.1. The molecule has 128 valence electrons. The van der Waals surface area contributed by atoms with Crippen LogP contribution in [0.15, 0.2) is 53.2 Å². The molecule has 0 aliphatic heterocycles. The van der Waals surface area contributed by atoms with Crippen molar-refractivity contribution in [1.29, 1.82) is 0 Å². The van der Waals surface area contributed by atoms with Gasteiger partial charge < -0.3 is 9.32 Å². The minimum Gasteiger partial charge on any atom is -0.451 e. The first-order valence-corrected chi connectivity index (χ1v) is 8.63. The predicted molar refractivity (Wildman–Crippen MR) is 95.3 cm³/mol. The standard InChI is InChI=1S/C19H18ClN3O2/c1-22-11-13(10-21-22)12-23(14-6-7-14)19(24)18-9-8-17(25-18)15-4-2-3-5-16(15)20/h2-5,8-11,14H,6-7,12H2,1H3. The number of furan rings is 1. The van der Waals surface area contributed by atoms with Crippen LogP contribution in [0.2, 0.25) is 5.02 Å². The largest absolute Gasteiger partial charge is 0.451 e. The van der Waals surface area contributed by atoms with Crippen molar-refractivity contribution in [2.45, 2.75) is 25.4 Å². The van der Waals surface area contributed by atoms with E-state index in [0.29, 0.717) is 23.1 Å². The van der Waals surface area contributed by atoms with Gasteiger partial charge in [-0.1, -0.05) is 23.7 Å². The van der Waals surface area contributed by atoms with Gasteiger partial charge in [0.25, 0.3) is 5.91 Å². The number of aryl methyl sites for hydroxylation is 1. The number of rotatable bonds is 5. The average Bonchev–Trinajstić information content (AvgIpc) is 3.17. The molecule has 1 saturated carbocycles. The van der Waals surface area contributed by atoms with Gasteiger partial charge in [0.05, 0.1) is 11.2 Å². The number of nitrogens with zero attached hydrogens (tertiary/aromatic N) is 3. The van der Waals surface area contributed by atoms with Gasteiger partial charge in [0.2, 0.25) is 0 Å². The second-order valence-corrected chi connectivity index (χ2v) is 6.74. The second kappa shape index (κ2) is 6.41. The van der Waals surface area contributed by atoms with Crippen LogP contribution >= 0.6 is 11.6 Å². The van der Waals surface area contributed by atoms with Crippen molar-refractivity contribution in [3.8, 4) is 11.3 Å². The van der Waals surface area contributed by atoms with Gasteiger partial charge in [0.1, 0.15) is 5.76 Å². The van der Waals surface area contributed by atoms with Crippen molar-refractivity contribution in [3.05, 3.63) is 65.1 Å². The maximum atomic E-state index is 12.9. The van der Waals surface area contributed by atoms with Gasteiger partial charge >= 0.3 is 0 Å². The smallest absolute Gasteiger partial charge is 0.290 e. The third-order valence-electron chi connectivity index (χ3n) is 4.32. The number of halogens is 1. The Labute approximate surface area is 150 Å². The van der Waals surface area contributed by atoms with Crippen LogP contribution in [0.25, 0.3) is 11.3 Å². The molecule has 6 heteroatoms. The first-order valence-electron chi connectivity index (χ1n) is 8.25. The topological polar surface area (TPSA) is 51.3 Å². The Bertz CT molecular complexity index is 911. The summed E-state index contributed by atoms with van der Waals surface area (Å²) in [4.78, 5) is 14.8. The number of benzene rings is 1. The average molecular weight is 356 g/mol. The Hall–Kier alpha value is -2.53. The van der Waals surface area contributed by atoms with Crippen LogP contribution < -0.4 is 0 Å². The summed E-state index contributed by atoms with van der Waals surface area (Å²) in [6.45, 7) is 0.541. The van der Waals surface area contributed by atoms with Crippen molar-refractivity contribution in [2.75, 3.05) is 0 Å². The van der Waals surface area contributed by atoms with E-state index >= 15 is 0 Å². The fraction of sp³-hybridized carbons (Fsp3) is 0.263.